The summed E-state index contributed by atoms with van der Waals surface area (Å²) in [7, 11) is 0. The zero-order chi connectivity index (χ0) is 21.9. The van der Waals surface area contributed by atoms with Gasteiger partial charge < -0.3 is 9.47 Å². The molecule has 1 amide bonds. The molecule has 0 aliphatic rings. The van der Waals surface area contributed by atoms with Crippen LogP contribution in [0.25, 0.3) is 0 Å². The highest BCUT2D eigenvalue weighted by molar-refractivity contribution is 5.83. The Morgan fingerprint density at radius 3 is 2.26 bits per heavy atom. The van der Waals surface area contributed by atoms with Crippen molar-refractivity contribution < 1.29 is 14.3 Å². The van der Waals surface area contributed by atoms with E-state index >= 15 is 0 Å². The molecule has 5 heteroatoms. The third-order valence-corrected chi connectivity index (χ3v) is 4.96. The molecular weight excluding hydrogens is 388 g/mol. The Morgan fingerprint density at radius 1 is 0.935 bits per heavy atom. The first-order valence-corrected chi connectivity index (χ1v) is 10.5. The molecule has 31 heavy (non-hydrogen) atoms. The third kappa shape index (κ3) is 7.30. The molecule has 0 spiro atoms. The topological polar surface area (TPSA) is 59.9 Å². The van der Waals surface area contributed by atoms with Gasteiger partial charge >= 0.3 is 0 Å². The Morgan fingerprint density at radius 2 is 1.58 bits per heavy atom. The van der Waals surface area contributed by atoms with Crippen molar-refractivity contribution in [2.75, 3.05) is 6.61 Å². The molecule has 3 rings (SSSR count). The summed E-state index contributed by atoms with van der Waals surface area (Å²) in [6, 6.07) is 25.4. The van der Waals surface area contributed by atoms with Gasteiger partial charge in [-0.3, -0.25) is 4.79 Å². The number of carbonyl (C=O) groups is 1. The molecule has 0 radical (unpaired) electrons. The number of nitrogens with zero attached hydrogens (tertiary/aromatic N) is 1. The van der Waals surface area contributed by atoms with Crippen LogP contribution in [-0.2, 0) is 11.4 Å². The molecule has 0 aliphatic heterocycles. The van der Waals surface area contributed by atoms with E-state index in [1.54, 1.807) is 6.21 Å². The molecule has 5 nitrogen and oxygen atoms in total. The molecule has 0 bridgehead atoms. The highest BCUT2D eigenvalue weighted by Crippen LogP contribution is 2.21. The second-order valence-corrected chi connectivity index (χ2v) is 7.30. The van der Waals surface area contributed by atoms with E-state index in [0.717, 1.165) is 23.3 Å². The van der Waals surface area contributed by atoms with E-state index in [1.807, 2.05) is 78.9 Å². The number of benzene rings is 3. The SMILES string of the molecule is CC[C@H](C)c1ccc(OCC(=O)N/N=C\c2ccc(OCc3ccccc3)cc2)cc1. The van der Waals surface area contributed by atoms with Crippen LogP contribution in [0.1, 0.15) is 42.9 Å². The summed E-state index contributed by atoms with van der Waals surface area (Å²) in [5.74, 6) is 1.64. The first-order valence-electron chi connectivity index (χ1n) is 10.5. The lowest BCUT2D eigenvalue weighted by atomic mass is 9.99. The van der Waals surface area contributed by atoms with Crippen molar-refractivity contribution in [3.8, 4) is 11.5 Å². The lowest BCUT2D eigenvalue weighted by Gasteiger charge is -2.10. The lowest BCUT2D eigenvalue weighted by molar-refractivity contribution is -0.123. The summed E-state index contributed by atoms with van der Waals surface area (Å²) in [5, 5.41) is 3.98. The maximum absolute atomic E-state index is 11.9. The maximum atomic E-state index is 11.9. The summed E-state index contributed by atoms with van der Waals surface area (Å²) in [5.41, 5.74) is 5.71. The van der Waals surface area contributed by atoms with Gasteiger partial charge in [0.05, 0.1) is 6.21 Å². The number of carbonyl (C=O) groups excluding carboxylic acids is 1. The van der Waals surface area contributed by atoms with E-state index in [-0.39, 0.29) is 12.5 Å². The Balaban J connectivity index is 1.40. The van der Waals surface area contributed by atoms with E-state index in [0.29, 0.717) is 18.3 Å². The predicted octanol–water partition coefficient (Wildman–Crippen LogP) is 5.31. The standard InChI is InChI=1S/C26H28N2O3/c1-3-20(2)23-11-15-25(16-12-23)31-19-26(29)28-27-17-21-9-13-24(14-10-21)30-18-22-7-5-4-6-8-22/h4-17,20H,3,18-19H2,1-2H3,(H,28,29)/b27-17-/t20-/m0/s1. The summed E-state index contributed by atoms with van der Waals surface area (Å²) in [6.45, 7) is 4.78. The van der Waals surface area contributed by atoms with E-state index in [9.17, 15) is 4.79 Å². The molecule has 1 N–H and O–H groups in total. The molecule has 3 aromatic carbocycles. The van der Waals surface area contributed by atoms with Gasteiger partial charge in [0, 0.05) is 0 Å². The average molecular weight is 417 g/mol. The smallest absolute Gasteiger partial charge is 0.277 e. The van der Waals surface area contributed by atoms with Gasteiger partial charge in [0.2, 0.25) is 0 Å². The van der Waals surface area contributed by atoms with Crippen LogP contribution < -0.4 is 14.9 Å². The third-order valence-electron chi connectivity index (χ3n) is 4.96. The Hall–Kier alpha value is -3.60. The Bertz CT molecular complexity index is 968. The lowest BCUT2D eigenvalue weighted by Crippen LogP contribution is -2.24. The van der Waals surface area contributed by atoms with Gasteiger partial charge in [0.25, 0.3) is 5.91 Å². The molecule has 0 heterocycles. The number of ether oxygens (including phenoxy) is 2. The second kappa shape index (κ2) is 11.6. The van der Waals surface area contributed by atoms with Crippen molar-refractivity contribution in [3.05, 3.63) is 95.6 Å². The quantitative estimate of drug-likeness (QED) is 0.360. The summed E-state index contributed by atoms with van der Waals surface area (Å²) in [6.07, 6.45) is 2.67. The number of amides is 1. The van der Waals surface area contributed by atoms with Crippen molar-refractivity contribution in [3.63, 3.8) is 0 Å². The molecule has 1 atom stereocenters. The maximum Gasteiger partial charge on any atom is 0.277 e. The highest BCUT2D eigenvalue weighted by atomic mass is 16.5. The van der Waals surface area contributed by atoms with Gasteiger partial charge in [-0.25, -0.2) is 5.43 Å². The molecule has 0 aromatic heterocycles. The second-order valence-electron chi connectivity index (χ2n) is 7.30. The van der Waals surface area contributed by atoms with Gasteiger partial charge in [-0.05, 0) is 65.4 Å². The number of hydrogen-bond donors (Lipinski definition) is 1. The zero-order valence-corrected chi connectivity index (χ0v) is 18.0. The van der Waals surface area contributed by atoms with Crippen molar-refractivity contribution in [1.82, 2.24) is 5.43 Å². The molecule has 0 aliphatic carbocycles. The van der Waals surface area contributed by atoms with Gasteiger partial charge in [0.1, 0.15) is 18.1 Å². The predicted molar refractivity (Wildman–Crippen MR) is 124 cm³/mol. The van der Waals surface area contributed by atoms with E-state index in [2.05, 4.69) is 24.4 Å². The minimum atomic E-state index is -0.315. The van der Waals surface area contributed by atoms with Gasteiger partial charge in [0.15, 0.2) is 6.61 Å². The summed E-state index contributed by atoms with van der Waals surface area (Å²) >= 11 is 0. The average Bonchev–Trinajstić information content (AvgIpc) is 2.82. The first-order chi connectivity index (χ1) is 15.1. The van der Waals surface area contributed by atoms with Crippen molar-refractivity contribution in [2.45, 2.75) is 32.8 Å². The minimum Gasteiger partial charge on any atom is -0.489 e. The first kappa shape index (κ1) is 22.1. The van der Waals surface area contributed by atoms with Crippen LogP contribution in [0.3, 0.4) is 0 Å². The molecule has 160 valence electrons. The fourth-order valence-electron chi connectivity index (χ4n) is 2.88. The number of hydrogen-bond acceptors (Lipinski definition) is 4. The van der Waals surface area contributed by atoms with E-state index in [4.69, 9.17) is 9.47 Å². The molecule has 3 aromatic rings. The number of hydrazone groups is 1. The van der Waals surface area contributed by atoms with Crippen LogP contribution in [0.5, 0.6) is 11.5 Å². The monoisotopic (exact) mass is 416 g/mol. The number of rotatable bonds is 10. The molecule has 0 saturated carbocycles. The minimum absolute atomic E-state index is 0.0910. The van der Waals surface area contributed by atoms with Crippen molar-refractivity contribution in [1.29, 1.82) is 0 Å². The molecular formula is C26H28N2O3. The van der Waals surface area contributed by atoms with Gasteiger partial charge in [-0.15, -0.1) is 0 Å². The van der Waals surface area contributed by atoms with E-state index < -0.39 is 0 Å². The number of nitrogens with one attached hydrogen (secondary N) is 1. The Kier molecular flexibility index (Phi) is 8.23. The van der Waals surface area contributed by atoms with Crippen LogP contribution in [0, 0.1) is 0 Å². The van der Waals surface area contributed by atoms with Crippen LogP contribution >= 0.6 is 0 Å². The molecule has 0 saturated heterocycles. The van der Waals surface area contributed by atoms with Crippen LogP contribution in [0.2, 0.25) is 0 Å². The molecule has 0 unspecified atom stereocenters. The van der Waals surface area contributed by atoms with Crippen LogP contribution in [0.15, 0.2) is 84.0 Å². The Labute approximate surface area is 183 Å². The molecule has 0 fully saturated rings. The summed E-state index contributed by atoms with van der Waals surface area (Å²) in [4.78, 5) is 11.9. The van der Waals surface area contributed by atoms with Crippen molar-refractivity contribution >= 4 is 12.1 Å². The highest BCUT2D eigenvalue weighted by Gasteiger charge is 2.05. The zero-order valence-electron chi connectivity index (χ0n) is 18.0. The van der Waals surface area contributed by atoms with Gasteiger partial charge in [-0.2, -0.15) is 5.10 Å². The normalized spacial score (nSPS) is 11.8. The van der Waals surface area contributed by atoms with Gasteiger partial charge in [-0.1, -0.05) is 56.3 Å². The fraction of sp³-hybridized carbons (Fsp3) is 0.231. The largest absolute Gasteiger partial charge is 0.489 e. The summed E-state index contributed by atoms with van der Waals surface area (Å²) < 4.78 is 11.3. The fourth-order valence-corrected chi connectivity index (χ4v) is 2.88. The van der Waals surface area contributed by atoms with Crippen molar-refractivity contribution in [2.24, 2.45) is 5.10 Å². The van der Waals surface area contributed by atoms with Crippen LogP contribution in [-0.4, -0.2) is 18.7 Å². The van der Waals surface area contributed by atoms with Crippen LogP contribution in [0.4, 0.5) is 0 Å². The van der Waals surface area contributed by atoms with E-state index in [1.165, 1.54) is 5.56 Å².